The summed E-state index contributed by atoms with van der Waals surface area (Å²) in [6.45, 7) is 0.529. The van der Waals surface area contributed by atoms with Crippen LogP contribution in [0.4, 0.5) is 4.39 Å². The van der Waals surface area contributed by atoms with E-state index < -0.39 is 5.82 Å². The average Bonchev–Trinajstić information content (AvgIpc) is 2.82. The number of rotatable bonds is 4. The summed E-state index contributed by atoms with van der Waals surface area (Å²) in [5.74, 6) is -0.109. The molecule has 98 valence electrons. The Kier molecular flexibility index (Phi) is 4.36. The first-order valence-corrected chi connectivity index (χ1v) is 6.67. The lowest BCUT2D eigenvalue weighted by Gasteiger charge is -2.17. The van der Waals surface area contributed by atoms with Gasteiger partial charge in [-0.25, -0.2) is 4.39 Å². The maximum absolute atomic E-state index is 13.6. The summed E-state index contributed by atoms with van der Waals surface area (Å²) in [6, 6.07) is 4.50. The second kappa shape index (κ2) is 5.81. The van der Waals surface area contributed by atoms with Gasteiger partial charge >= 0.3 is 0 Å². The zero-order valence-electron chi connectivity index (χ0n) is 10.2. The lowest BCUT2D eigenvalue weighted by molar-refractivity contribution is -0.123. The van der Waals surface area contributed by atoms with Crippen LogP contribution in [0.1, 0.15) is 24.8 Å². The van der Waals surface area contributed by atoms with Crippen LogP contribution in [-0.4, -0.2) is 12.3 Å². The SMILES string of the molecule is NCC1CCCC1C(=O)Cc1c(F)cccc1Cl. The van der Waals surface area contributed by atoms with Crippen LogP contribution in [0.5, 0.6) is 0 Å². The molecule has 0 radical (unpaired) electrons. The lowest BCUT2D eigenvalue weighted by Crippen LogP contribution is -2.26. The molecule has 0 heterocycles. The molecule has 2 rings (SSSR count). The minimum atomic E-state index is -0.404. The number of halogens is 2. The largest absolute Gasteiger partial charge is 0.330 e. The molecule has 4 heteroatoms. The molecule has 0 amide bonds. The molecule has 2 N–H and O–H groups in total. The van der Waals surface area contributed by atoms with Crippen molar-refractivity contribution < 1.29 is 9.18 Å². The Labute approximate surface area is 111 Å². The molecule has 2 atom stereocenters. The predicted molar refractivity (Wildman–Crippen MR) is 70.0 cm³/mol. The third kappa shape index (κ3) is 2.73. The van der Waals surface area contributed by atoms with E-state index in [2.05, 4.69) is 0 Å². The minimum absolute atomic E-state index is 0.0225. The Morgan fingerprint density at radius 2 is 2.22 bits per heavy atom. The fraction of sp³-hybridized carbons (Fsp3) is 0.500. The minimum Gasteiger partial charge on any atom is -0.330 e. The maximum atomic E-state index is 13.6. The van der Waals surface area contributed by atoms with Crippen LogP contribution in [0.25, 0.3) is 0 Å². The molecule has 18 heavy (non-hydrogen) atoms. The van der Waals surface area contributed by atoms with Gasteiger partial charge in [0.2, 0.25) is 0 Å². The Morgan fingerprint density at radius 1 is 1.44 bits per heavy atom. The van der Waals surface area contributed by atoms with Gasteiger partial charge in [-0.2, -0.15) is 0 Å². The van der Waals surface area contributed by atoms with E-state index in [0.717, 1.165) is 19.3 Å². The number of ketones is 1. The van der Waals surface area contributed by atoms with Gasteiger partial charge in [-0.05, 0) is 37.4 Å². The molecular weight excluding hydrogens is 253 g/mol. The third-order valence-corrected chi connectivity index (χ3v) is 4.14. The Bertz CT molecular complexity index is 429. The van der Waals surface area contributed by atoms with E-state index in [1.54, 1.807) is 12.1 Å². The van der Waals surface area contributed by atoms with Gasteiger partial charge < -0.3 is 5.73 Å². The highest BCUT2D eigenvalue weighted by atomic mass is 35.5. The van der Waals surface area contributed by atoms with Gasteiger partial charge in [0.15, 0.2) is 0 Å². The molecular formula is C14H17ClFNO. The normalized spacial score (nSPS) is 23.3. The van der Waals surface area contributed by atoms with Crippen molar-refractivity contribution in [1.29, 1.82) is 0 Å². The van der Waals surface area contributed by atoms with E-state index in [9.17, 15) is 9.18 Å². The summed E-state index contributed by atoms with van der Waals surface area (Å²) in [5, 5.41) is 0.325. The molecule has 1 fully saturated rings. The van der Waals surface area contributed by atoms with Crippen molar-refractivity contribution in [2.75, 3.05) is 6.54 Å². The molecule has 0 spiro atoms. The molecule has 0 aromatic heterocycles. The second-order valence-corrected chi connectivity index (χ2v) is 5.28. The molecule has 1 aliphatic carbocycles. The Hall–Kier alpha value is -0.930. The molecule has 2 unspecified atom stereocenters. The van der Waals surface area contributed by atoms with Crippen LogP contribution in [0.15, 0.2) is 18.2 Å². The fourth-order valence-electron chi connectivity index (χ4n) is 2.75. The first kappa shape index (κ1) is 13.5. The summed E-state index contributed by atoms with van der Waals surface area (Å²) in [4.78, 5) is 12.2. The number of carbonyl (C=O) groups is 1. The summed E-state index contributed by atoms with van der Waals surface area (Å²) in [6.07, 6.45) is 2.97. The lowest BCUT2D eigenvalue weighted by atomic mass is 9.89. The molecule has 1 saturated carbocycles. The van der Waals surface area contributed by atoms with Crippen molar-refractivity contribution in [2.45, 2.75) is 25.7 Å². The van der Waals surface area contributed by atoms with Crippen molar-refractivity contribution in [3.8, 4) is 0 Å². The maximum Gasteiger partial charge on any atom is 0.140 e. The van der Waals surface area contributed by atoms with Crippen LogP contribution in [0.2, 0.25) is 5.02 Å². The third-order valence-electron chi connectivity index (χ3n) is 3.79. The van der Waals surface area contributed by atoms with E-state index in [4.69, 9.17) is 17.3 Å². The molecule has 0 saturated heterocycles. The monoisotopic (exact) mass is 269 g/mol. The highest BCUT2D eigenvalue weighted by Gasteiger charge is 2.32. The smallest absolute Gasteiger partial charge is 0.140 e. The number of carbonyl (C=O) groups excluding carboxylic acids is 1. The predicted octanol–water partition coefficient (Wildman–Crippen LogP) is 2.97. The number of benzene rings is 1. The summed E-state index contributed by atoms with van der Waals surface area (Å²) >= 11 is 5.93. The van der Waals surface area contributed by atoms with Crippen LogP contribution < -0.4 is 5.73 Å². The topological polar surface area (TPSA) is 43.1 Å². The first-order chi connectivity index (χ1) is 8.63. The molecule has 1 aliphatic rings. The summed E-state index contributed by atoms with van der Waals surface area (Å²) < 4.78 is 13.6. The van der Waals surface area contributed by atoms with Crippen molar-refractivity contribution >= 4 is 17.4 Å². The number of hydrogen-bond acceptors (Lipinski definition) is 2. The number of hydrogen-bond donors (Lipinski definition) is 1. The molecule has 1 aromatic carbocycles. The Morgan fingerprint density at radius 3 is 2.89 bits per heavy atom. The molecule has 2 nitrogen and oxygen atoms in total. The Balaban J connectivity index is 2.12. The fourth-order valence-corrected chi connectivity index (χ4v) is 2.98. The second-order valence-electron chi connectivity index (χ2n) is 4.88. The molecule has 1 aromatic rings. The van der Waals surface area contributed by atoms with Crippen LogP contribution in [0.3, 0.4) is 0 Å². The number of Topliss-reactive ketones (excluding diaryl/α,β-unsaturated/α-hetero) is 1. The summed E-state index contributed by atoms with van der Waals surface area (Å²) in [5.41, 5.74) is 5.97. The van der Waals surface area contributed by atoms with Gasteiger partial charge in [0, 0.05) is 22.9 Å². The summed E-state index contributed by atoms with van der Waals surface area (Å²) in [7, 11) is 0. The van der Waals surface area contributed by atoms with Crippen molar-refractivity contribution in [2.24, 2.45) is 17.6 Å². The van der Waals surface area contributed by atoms with Gasteiger partial charge in [0.05, 0.1) is 0 Å². The van der Waals surface area contributed by atoms with Gasteiger partial charge in [-0.1, -0.05) is 24.1 Å². The van der Waals surface area contributed by atoms with Gasteiger partial charge in [-0.3, -0.25) is 4.79 Å². The quantitative estimate of drug-likeness (QED) is 0.913. The highest BCUT2D eigenvalue weighted by molar-refractivity contribution is 6.31. The first-order valence-electron chi connectivity index (χ1n) is 6.29. The van der Waals surface area contributed by atoms with Gasteiger partial charge in [0.1, 0.15) is 11.6 Å². The average molecular weight is 270 g/mol. The van der Waals surface area contributed by atoms with E-state index >= 15 is 0 Å². The number of nitrogens with two attached hydrogens (primary N) is 1. The van der Waals surface area contributed by atoms with Crippen molar-refractivity contribution in [3.05, 3.63) is 34.6 Å². The molecule has 0 bridgehead atoms. The van der Waals surface area contributed by atoms with E-state index in [1.165, 1.54) is 6.07 Å². The van der Waals surface area contributed by atoms with Gasteiger partial charge in [0.25, 0.3) is 0 Å². The van der Waals surface area contributed by atoms with Crippen molar-refractivity contribution in [1.82, 2.24) is 0 Å². The van der Waals surface area contributed by atoms with E-state index in [-0.39, 0.29) is 24.0 Å². The zero-order chi connectivity index (χ0) is 13.1. The van der Waals surface area contributed by atoms with Crippen LogP contribution in [0, 0.1) is 17.7 Å². The zero-order valence-corrected chi connectivity index (χ0v) is 10.9. The standard InChI is InChI=1S/C14H17ClFNO/c15-12-5-2-6-13(16)11(12)7-14(18)10-4-1-3-9(10)8-17/h2,5-6,9-10H,1,3-4,7-8,17H2. The van der Waals surface area contributed by atoms with Crippen LogP contribution >= 0.6 is 11.6 Å². The molecule has 0 aliphatic heterocycles. The van der Waals surface area contributed by atoms with Crippen LogP contribution in [-0.2, 0) is 11.2 Å². The van der Waals surface area contributed by atoms with Gasteiger partial charge in [-0.15, -0.1) is 0 Å². The van der Waals surface area contributed by atoms with Crippen molar-refractivity contribution in [3.63, 3.8) is 0 Å². The van der Waals surface area contributed by atoms with E-state index in [1.807, 2.05) is 0 Å². The highest BCUT2D eigenvalue weighted by Crippen LogP contribution is 2.33. The van der Waals surface area contributed by atoms with E-state index in [0.29, 0.717) is 17.1 Å².